The van der Waals surface area contributed by atoms with Crippen LogP contribution in [0.2, 0.25) is 0 Å². The van der Waals surface area contributed by atoms with Crippen LogP contribution in [0, 0.1) is 5.41 Å². The van der Waals surface area contributed by atoms with Gasteiger partial charge in [0.15, 0.2) is 0 Å². The van der Waals surface area contributed by atoms with E-state index in [-0.39, 0.29) is 5.60 Å². The van der Waals surface area contributed by atoms with Crippen molar-refractivity contribution in [2.24, 2.45) is 5.41 Å². The van der Waals surface area contributed by atoms with Crippen LogP contribution in [0.15, 0.2) is 0 Å². The van der Waals surface area contributed by atoms with Crippen molar-refractivity contribution < 1.29 is 9.47 Å². The highest BCUT2D eigenvalue weighted by atomic mass is 16.5. The van der Waals surface area contributed by atoms with Crippen molar-refractivity contribution >= 4 is 0 Å². The molecular formula is C17H31NO2. The van der Waals surface area contributed by atoms with Crippen LogP contribution < -0.4 is 5.32 Å². The molecule has 116 valence electrons. The summed E-state index contributed by atoms with van der Waals surface area (Å²) < 4.78 is 12.2. The first-order valence-electron chi connectivity index (χ1n) is 8.72. The van der Waals surface area contributed by atoms with Crippen LogP contribution in [0.5, 0.6) is 0 Å². The quantitative estimate of drug-likeness (QED) is 0.758. The minimum absolute atomic E-state index is 0.280. The van der Waals surface area contributed by atoms with Crippen molar-refractivity contribution in [1.29, 1.82) is 0 Å². The molecule has 1 N–H and O–H groups in total. The molecule has 3 aliphatic rings. The van der Waals surface area contributed by atoms with Gasteiger partial charge in [0.1, 0.15) is 0 Å². The topological polar surface area (TPSA) is 30.5 Å². The highest BCUT2D eigenvalue weighted by molar-refractivity contribution is 4.96. The molecule has 0 bridgehead atoms. The molecule has 3 fully saturated rings. The highest BCUT2D eigenvalue weighted by Gasteiger charge is 2.45. The molecule has 2 aliphatic heterocycles. The third kappa shape index (κ3) is 3.20. The molecule has 1 aliphatic carbocycles. The molecule has 0 aromatic heterocycles. The van der Waals surface area contributed by atoms with Crippen molar-refractivity contribution in [3.05, 3.63) is 0 Å². The lowest BCUT2D eigenvalue weighted by Crippen LogP contribution is -2.38. The molecule has 1 spiro atoms. The van der Waals surface area contributed by atoms with E-state index in [1.54, 1.807) is 0 Å². The van der Waals surface area contributed by atoms with Gasteiger partial charge in [-0.1, -0.05) is 19.8 Å². The maximum atomic E-state index is 6.52. The summed E-state index contributed by atoms with van der Waals surface area (Å²) in [6.07, 6.45) is 12.0. The van der Waals surface area contributed by atoms with Crippen LogP contribution in [0.1, 0.15) is 64.7 Å². The molecule has 2 atom stereocenters. The molecule has 20 heavy (non-hydrogen) atoms. The lowest BCUT2D eigenvalue weighted by molar-refractivity contribution is -0.0541. The number of rotatable bonds is 6. The van der Waals surface area contributed by atoms with Gasteiger partial charge in [-0.15, -0.1) is 0 Å². The summed E-state index contributed by atoms with van der Waals surface area (Å²) in [4.78, 5) is 0. The predicted octanol–water partition coefficient (Wildman–Crippen LogP) is 3.27. The monoisotopic (exact) mass is 281 g/mol. The lowest BCUT2D eigenvalue weighted by atomic mass is 9.81. The lowest BCUT2D eigenvalue weighted by Gasteiger charge is -2.32. The standard InChI is InChI=1S/C17H31NO2/c1-2-10-18-13-16(9-11-19-14-16)12-15-5-8-17(20-15)6-3-4-7-17/h15,18H,2-14H2,1H3. The number of hydrogen-bond acceptors (Lipinski definition) is 3. The van der Waals surface area contributed by atoms with Crippen LogP contribution in [-0.2, 0) is 9.47 Å². The highest BCUT2D eigenvalue weighted by Crippen LogP contribution is 2.46. The molecule has 2 unspecified atom stereocenters. The summed E-state index contributed by atoms with van der Waals surface area (Å²) in [6, 6.07) is 0. The largest absolute Gasteiger partial charge is 0.381 e. The van der Waals surface area contributed by atoms with Gasteiger partial charge in [-0.2, -0.15) is 0 Å². The maximum absolute atomic E-state index is 6.52. The summed E-state index contributed by atoms with van der Waals surface area (Å²) in [5, 5.41) is 3.62. The van der Waals surface area contributed by atoms with Gasteiger partial charge in [-0.05, 0) is 51.5 Å². The third-order valence-electron chi connectivity index (χ3n) is 5.63. The van der Waals surface area contributed by atoms with Crippen molar-refractivity contribution in [2.45, 2.75) is 76.4 Å². The van der Waals surface area contributed by atoms with Crippen LogP contribution in [0.3, 0.4) is 0 Å². The SMILES string of the molecule is CCCNCC1(CC2CCC3(CCCC3)O2)CCOC1. The van der Waals surface area contributed by atoms with E-state index in [1.165, 1.54) is 57.8 Å². The molecular weight excluding hydrogens is 250 g/mol. The Morgan fingerprint density at radius 3 is 2.70 bits per heavy atom. The Morgan fingerprint density at radius 1 is 1.15 bits per heavy atom. The van der Waals surface area contributed by atoms with Gasteiger partial charge in [0.25, 0.3) is 0 Å². The van der Waals surface area contributed by atoms with E-state index in [2.05, 4.69) is 12.2 Å². The zero-order valence-corrected chi connectivity index (χ0v) is 13.1. The summed E-state index contributed by atoms with van der Waals surface area (Å²) in [5.74, 6) is 0. The van der Waals surface area contributed by atoms with Gasteiger partial charge in [0.05, 0.1) is 18.3 Å². The van der Waals surface area contributed by atoms with Crippen LogP contribution in [0.4, 0.5) is 0 Å². The number of hydrogen-bond donors (Lipinski definition) is 1. The normalized spacial score (nSPS) is 36.1. The van der Waals surface area contributed by atoms with Crippen LogP contribution in [0.25, 0.3) is 0 Å². The second-order valence-electron chi connectivity index (χ2n) is 7.35. The smallest absolute Gasteiger partial charge is 0.0687 e. The third-order valence-corrected chi connectivity index (χ3v) is 5.63. The van der Waals surface area contributed by atoms with Gasteiger partial charge < -0.3 is 14.8 Å². The zero-order valence-electron chi connectivity index (χ0n) is 13.1. The van der Waals surface area contributed by atoms with Gasteiger partial charge in [-0.3, -0.25) is 0 Å². The van der Waals surface area contributed by atoms with Crippen molar-refractivity contribution in [3.8, 4) is 0 Å². The Morgan fingerprint density at radius 2 is 2.00 bits per heavy atom. The minimum atomic E-state index is 0.280. The molecule has 2 heterocycles. The van der Waals surface area contributed by atoms with E-state index < -0.39 is 0 Å². The minimum Gasteiger partial charge on any atom is -0.381 e. The molecule has 0 aromatic carbocycles. The van der Waals surface area contributed by atoms with E-state index in [1.807, 2.05) is 0 Å². The molecule has 0 amide bonds. The summed E-state index contributed by atoms with van der Waals surface area (Å²) in [6.45, 7) is 6.32. The van der Waals surface area contributed by atoms with E-state index >= 15 is 0 Å². The first-order chi connectivity index (χ1) is 9.76. The predicted molar refractivity (Wildman–Crippen MR) is 81.0 cm³/mol. The summed E-state index contributed by atoms with van der Waals surface area (Å²) >= 11 is 0. The van der Waals surface area contributed by atoms with E-state index in [0.717, 1.165) is 26.3 Å². The molecule has 3 heteroatoms. The Labute approximate surface area is 123 Å². The zero-order chi connectivity index (χ0) is 13.9. The molecule has 3 rings (SSSR count). The van der Waals surface area contributed by atoms with Gasteiger partial charge in [0.2, 0.25) is 0 Å². The van der Waals surface area contributed by atoms with Crippen LogP contribution in [-0.4, -0.2) is 38.0 Å². The fraction of sp³-hybridized carbons (Fsp3) is 1.00. The van der Waals surface area contributed by atoms with Crippen molar-refractivity contribution in [1.82, 2.24) is 5.32 Å². The Hall–Kier alpha value is -0.120. The second kappa shape index (κ2) is 6.33. The van der Waals surface area contributed by atoms with Gasteiger partial charge >= 0.3 is 0 Å². The fourth-order valence-electron chi connectivity index (χ4n) is 4.46. The molecule has 0 aromatic rings. The average molecular weight is 281 g/mol. The molecule has 2 saturated heterocycles. The van der Waals surface area contributed by atoms with E-state index in [0.29, 0.717) is 11.5 Å². The summed E-state index contributed by atoms with van der Waals surface area (Å²) in [7, 11) is 0. The summed E-state index contributed by atoms with van der Waals surface area (Å²) in [5.41, 5.74) is 0.617. The Kier molecular flexibility index (Phi) is 4.68. The van der Waals surface area contributed by atoms with Gasteiger partial charge in [0, 0.05) is 18.6 Å². The Bertz CT molecular complexity index is 306. The Balaban J connectivity index is 1.54. The molecule has 3 nitrogen and oxygen atoms in total. The molecule has 0 radical (unpaired) electrons. The first-order valence-corrected chi connectivity index (χ1v) is 8.72. The number of ether oxygens (including phenoxy) is 2. The van der Waals surface area contributed by atoms with Gasteiger partial charge in [-0.25, -0.2) is 0 Å². The molecule has 1 saturated carbocycles. The number of nitrogens with one attached hydrogen (secondary N) is 1. The van der Waals surface area contributed by atoms with Crippen molar-refractivity contribution in [2.75, 3.05) is 26.3 Å². The maximum Gasteiger partial charge on any atom is 0.0687 e. The van der Waals surface area contributed by atoms with Crippen molar-refractivity contribution in [3.63, 3.8) is 0 Å². The fourth-order valence-corrected chi connectivity index (χ4v) is 4.46. The second-order valence-corrected chi connectivity index (χ2v) is 7.35. The van der Waals surface area contributed by atoms with Crippen LogP contribution >= 0.6 is 0 Å². The first kappa shape index (κ1) is 14.8. The van der Waals surface area contributed by atoms with E-state index in [4.69, 9.17) is 9.47 Å². The van der Waals surface area contributed by atoms with E-state index in [9.17, 15) is 0 Å². The average Bonchev–Trinajstić information content (AvgIpc) is 3.15.